The quantitative estimate of drug-likeness (QED) is 0.651. The van der Waals surface area contributed by atoms with Crippen molar-refractivity contribution in [2.75, 3.05) is 17.7 Å². The second-order valence-corrected chi connectivity index (χ2v) is 2.31. The topological polar surface area (TPSA) is 55.1 Å². The number of anilines is 2. The first-order valence-corrected chi connectivity index (χ1v) is 3.43. The van der Waals surface area contributed by atoms with Gasteiger partial charge in [-0.15, -0.1) is 0 Å². The third-order valence-electron chi connectivity index (χ3n) is 1.29. The summed E-state index contributed by atoms with van der Waals surface area (Å²) in [6.45, 7) is -1.02. The minimum absolute atomic E-state index is 0.512. The number of halogens is 1. The molecule has 1 aromatic carbocycles. The van der Waals surface area contributed by atoms with E-state index in [0.29, 0.717) is 11.4 Å². The Balaban J connectivity index is 2.69. The van der Waals surface area contributed by atoms with E-state index in [0.717, 1.165) is 0 Å². The van der Waals surface area contributed by atoms with E-state index in [9.17, 15) is 9.18 Å². The second kappa shape index (κ2) is 3.71. The fraction of sp³-hybridized carbons (Fsp3) is 0.125. The van der Waals surface area contributed by atoms with Crippen molar-refractivity contribution in [1.29, 1.82) is 0 Å². The summed E-state index contributed by atoms with van der Waals surface area (Å²) in [6, 6.07) is 6.58. The monoisotopic (exact) mass is 168 g/mol. The van der Waals surface area contributed by atoms with E-state index in [-0.39, 0.29) is 0 Å². The van der Waals surface area contributed by atoms with Crippen molar-refractivity contribution < 1.29 is 9.18 Å². The van der Waals surface area contributed by atoms with Gasteiger partial charge >= 0.3 is 0 Å². The summed E-state index contributed by atoms with van der Waals surface area (Å²) in [4.78, 5) is 10.6. The van der Waals surface area contributed by atoms with Crippen LogP contribution in [-0.2, 0) is 4.79 Å². The van der Waals surface area contributed by atoms with Crippen molar-refractivity contribution >= 4 is 17.3 Å². The first kappa shape index (κ1) is 8.52. The Morgan fingerprint density at radius 2 is 2.33 bits per heavy atom. The van der Waals surface area contributed by atoms with Gasteiger partial charge in [-0.05, 0) is 18.2 Å². The lowest BCUT2D eigenvalue weighted by Crippen LogP contribution is -2.12. The lowest BCUT2D eigenvalue weighted by Gasteiger charge is -2.02. The largest absolute Gasteiger partial charge is 0.399 e. The molecule has 0 aromatic heterocycles. The van der Waals surface area contributed by atoms with Crippen molar-refractivity contribution in [3.63, 3.8) is 0 Å². The average Bonchev–Trinajstić information content (AvgIpc) is 2.04. The third kappa shape index (κ3) is 2.23. The van der Waals surface area contributed by atoms with E-state index in [1.165, 1.54) is 0 Å². The molecule has 0 heterocycles. The van der Waals surface area contributed by atoms with Crippen LogP contribution in [-0.4, -0.2) is 12.6 Å². The molecular formula is C8H9FN2O. The van der Waals surface area contributed by atoms with E-state index in [1.807, 2.05) is 0 Å². The fourth-order valence-corrected chi connectivity index (χ4v) is 0.811. The summed E-state index contributed by atoms with van der Waals surface area (Å²) in [5.41, 5.74) is 6.48. The summed E-state index contributed by atoms with van der Waals surface area (Å²) < 4.78 is 11.7. The van der Waals surface area contributed by atoms with Crippen LogP contribution in [0.1, 0.15) is 0 Å². The molecule has 1 rings (SSSR count). The summed E-state index contributed by atoms with van der Waals surface area (Å²) in [6.07, 6.45) is 0. The van der Waals surface area contributed by atoms with E-state index >= 15 is 0 Å². The van der Waals surface area contributed by atoms with Gasteiger partial charge in [0, 0.05) is 11.4 Å². The molecule has 0 bridgehead atoms. The zero-order valence-electron chi connectivity index (χ0n) is 6.38. The number of benzene rings is 1. The number of nitrogens with one attached hydrogen (secondary N) is 1. The van der Waals surface area contributed by atoms with Crippen LogP contribution in [0.2, 0.25) is 0 Å². The maximum absolute atomic E-state index is 11.7. The Kier molecular flexibility index (Phi) is 2.63. The fourth-order valence-electron chi connectivity index (χ4n) is 0.811. The lowest BCUT2D eigenvalue weighted by molar-refractivity contribution is -0.117. The molecule has 0 aliphatic rings. The van der Waals surface area contributed by atoms with Crippen LogP contribution in [0, 0.1) is 0 Å². The van der Waals surface area contributed by atoms with Crippen molar-refractivity contribution in [1.82, 2.24) is 0 Å². The number of alkyl halides is 1. The number of hydrogen-bond acceptors (Lipinski definition) is 2. The molecule has 0 aliphatic carbocycles. The van der Waals surface area contributed by atoms with Gasteiger partial charge in [-0.2, -0.15) is 0 Å². The van der Waals surface area contributed by atoms with Gasteiger partial charge < -0.3 is 11.1 Å². The normalized spacial score (nSPS) is 9.42. The van der Waals surface area contributed by atoms with Crippen LogP contribution < -0.4 is 11.1 Å². The van der Waals surface area contributed by atoms with Crippen molar-refractivity contribution in [3.8, 4) is 0 Å². The number of carbonyl (C=O) groups excluding carboxylic acids is 1. The molecule has 3 N–H and O–H groups in total. The van der Waals surface area contributed by atoms with Crippen LogP contribution in [0.4, 0.5) is 15.8 Å². The van der Waals surface area contributed by atoms with Gasteiger partial charge in [-0.25, -0.2) is 4.39 Å². The minimum Gasteiger partial charge on any atom is -0.399 e. The third-order valence-corrected chi connectivity index (χ3v) is 1.29. The molecule has 3 nitrogen and oxygen atoms in total. The maximum atomic E-state index is 11.7. The van der Waals surface area contributed by atoms with Gasteiger partial charge in [-0.3, -0.25) is 4.79 Å². The summed E-state index contributed by atoms with van der Waals surface area (Å²) in [5, 5.41) is 2.34. The highest BCUT2D eigenvalue weighted by atomic mass is 19.1. The van der Waals surface area contributed by atoms with Gasteiger partial charge in [0.15, 0.2) is 6.67 Å². The zero-order valence-corrected chi connectivity index (χ0v) is 6.38. The predicted octanol–water partition coefficient (Wildman–Crippen LogP) is 1.18. The molecule has 0 atom stereocenters. The van der Waals surface area contributed by atoms with E-state index in [1.54, 1.807) is 24.3 Å². The van der Waals surface area contributed by atoms with E-state index < -0.39 is 12.6 Å². The van der Waals surface area contributed by atoms with Gasteiger partial charge in [0.2, 0.25) is 0 Å². The van der Waals surface area contributed by atoms with E-state index in [4.69, 9.17) is 5.73 Å². The van der Waals surface area contributed by atoms with Crippen molar-refractivity contribution in [2.24, 2.45) is 0 Å². The molecular weight excluding hydrogens is 159 g/mol. The minimum atomic E-state index is -1.02. The predicted molar refractivity (Wildman–Crippen MR) is 45.5 cm³/mol. The van der Waals surface area contributed by atoms with Crippen molar-refractivity contribution in [3.05, 3.63) is 24.3 Å². The van der Waals surface area contributed by atoms with Gasteiger partial charge in [0.05, 0.1) is 0 Å². The molecule has 0 unspecified atom stereocenters. The van der Waals surface area contributed by atoms with Crippen LogP contribution in [0.5, 0.6) is 0 Å². The summed E-state index contributed by atoms with van der Waals surface area (Å²) in [5.74, 6) is -0.666. The van der Waals surface area contributed by atoms with Gasteiger partial charge in [-0.1, -0.05) is 6.07 Å². The number of carbonyl (C=O) groups is 1. The first-order chi connectivity index (χ1) is 5.72. The average molecular weight is 168 g/mol. The number of rotatable bonds is 2. The molecule has 64 valence electrons. The maximum Gasteiger partial charge on any atom is 0.255 e. The smallest absolute Gasteiger partial charge is 0.255 e. The zero-order chi connectivity index (χ0) is 8.97. The molecule has 0 saturated heterocycles. The number of nitrogens with two attached hydrogens (primary N) is 1. The molecule has 0 spiro atoms. The lowest BCUT2D eigenvalue weighted by atomic mass is 10.3. The molecule has 0 saturated carbocycles. The molecule has 0 radical (unpaired) electrons. The second-order valence-electron chi connectivity index (χ2n) is 2.31. The molecule has 1 amide bonds. The van der Waals surface area contributed by atoms with Gasteiger partial charge in [0.1, 0.15) is 0 Å². The highest BCUT2D eigenvalue weighted by Crippen LogP contribution is 2.11. The van der Waals surface area contributed by atoms with Gasteiger partial charge in [0.25, 0.3) is 5.91 Å². The van der Waals surface area contributed by atoms with E-state index in [2.05, 4.69) is 5.32 Å². The van der Waals surface area contributed by atoms with Crippen LogP contribution in [0.15, 0.2) is 24.3 Å². The standard InChI is InChI=1S/C8H9FN2O/c9-5-8(12)11-7-3-1-2-6(10)4-7/h1-4H,5,10H2,(H,11,12). The summed E-state index contributed by atoms with van der Waals surface area (Å²) >= 11 is 0. The first-order valence-electron chi connectivity index (χ1n) is 3.43. The molecule has 4 heteroatoms. The van der Waals surface area contributed by atoms with Crippen LogP contribution in [0.3, 0.4) is 0 Å². The van der Waals surface area contributed by atoms with Crippen LogP contribution >= 0.6 is 0 Å². The molecule has 12 heavy (non-hydrogen) atoms. The Labute approximate surface area is 69.4 Å². The number of nitrogen functional groups attached to an aromatic ring is 1. The molecule has 0 fully saturated rings. The Bertz CT molecular complexity index is 288. The highest BCUT2D eigenvalue weighted by Gasteiger charge is 1.99. The molecule has 0 aliphatic heterocycles. The van der Waals surface area contributed by atoms with Crippen molar-refractivity contribution in [2.45, 2.75) is 0 Å². The number of hydrogen-bond donors (Lipinski definition) is 2. The van der Waals surface area contributed by atoms with Crippen LogP contribution in [0.25, 0.3) is 0 Å². The summed E-state index contributed by atoms with van der Waals surface area (Å²) in [7, 11) is 0. The highest BCUT2D eigenvalue weighted by molar-refractivity contribution is 5.91. The Morgan fingerprint density at radius 1 is 1.58 bits per heavy atom. The Morgan fingerprint density at radius 3 is 2.92 bits per heavy atom. The number of amides is 1. The SMILES string of the molecule is Nc1cccc(NC(=O)CF)c1. The molecule has 1 aromatic rings. The Hall–Kier alpha value is -1.58.